The zero-order valence-corrected chi connectivity index (χ0v) is 14.8. The van der Waals surface area contributed by atoms with E-state index in [-0.39, 0.29) is 10.8 Å². The molecular weight excluding hydrogens is 362 g/mol. The fourth-order valence-electron chi connectivity index (χ4n) is 1.74. The molecule has 8 heteroatoms. The molecule has 1 heterocycles. The lowest BCUT2D eigenvalue weighted by atomic mass is 10.2. The lowest BCUT2D eigenvalue weighted by Gasteiger charge is -2.15. The summed E-state index contributed by atoms with van der Waals surface area (Å²) in [5.74, 6) is 1.26. The zero-order valence-electron chi connectivity index (χ0n) is 11.6. The van der Waals surface area contributed by atoms with Crippen LogP contribution in [0.1, 0.15) is 5.56 Å². The van der Waals surface area contributed by atoms with Crippen LogP contribution in [0.2, 0.25) is 4.34 Å². The van der Waals surface area contributed by atoms with Gasteiger partial charge in [0.1, 0.15) is 4.21 Å². The van der Waals surface area contributed by atoms with Crippen LogP contribution in [0.4, 0.5) is 0 Å². The van der Waals surface area contributed by atoms with Crippen LogP contribution in [0.3, 0.4) is 0 Å². The topological polar surface area (TPSA) is 66.4 Å². The summed E-state index contributed by atoms with van der Waals surface area (Å²) in [6, 6.07) is 12.4. The van der Waals surface area contributed by atoms with E-state index in [9.17, 15) is 13.5 Å². The van der Waals surface area contributed by atoms with Crippen molar-refractivity contribution in [2.75, 3.05) is 12.4 Å². The van der Waals surface area contributed by atoms with E-state index in [1.807, 2.05) is 30.3 Å². The molecule has 0 aliphatic rings. The number of thioether (sulfide) groups is 1. The van der Waals surface area contributed by atoms with Gasteiger partial charge in [0, 0.05) is 11.5 Å². The second kappa shape index (κ2) is 8.33. The molecule has 2 rings (SSSR count). The predicted octanol–water partition coefficient (Wildman–Crippen LogP) is 2.97. The van der Waals surface area contributed by atoms with Crippen molar-refractivity contribution in [3.8, 4) is 0 Å². The third kappa shape index (κ3) is 5.26. The van der Waals surface area contributed by atoms with Crippen LogP contribution in [-0.4, -0.2) is 31.9 Å². The molecule has 0 aliphatic heterocycles. The molecule has 0 saturated heterocycles. The molecule has 2 N–H and O–H groups in total. The fraction of sp³-hybridized carbons (Fsp3) is 0.286. The van der Waals surface area contributed by atoms with Crippen LogP contribution in [-0.2, 0) is 15.8 Å². The molecule has 0 unspecified atom stereocenters. The molecule has 0 radical (unpaired) electrons. The Hall–Kier alpha value is -0.570. The highest BCUT2D eigenvalue weighted by molar-refractivity contribution is 7.98. The summed E-state index contributed by atoms with van der Waals surface area (Å²) in [7, 11) is -3.64. The Kier molecular flexibility index (Phi) is 6.73. The number of rotatable bonds is 8. The highest BCUT2D eigenvalue weighted by atomic mass is 35.5. The molecule has 0 spiro atoms. The molecule has 1 aromatic heterocycles. The number of aliphatic hydroxyl groups is 1. The lowest BCUT2D eigenvalue weighted by Crippen LogP contribution is -2.39. The Morgan fingerprint density at radius 2 is 1.95 bits per heavy atom. The maximum atomic E-state index is 12.2. The zero-order chi connectivity index (χ0) is 16.0. The first-order chi connectivity index (χ1) is 10.5. The highest BCUT2D eigenvalue weighted by Crippen LogP contribution is 2.25. The summed E-state index contributed by atoms with van der Waals surface area (Å²) in [6.07, 6.45) is 0. The van der Waals surface area contributed by atoms with Gasteiger partial charge in [-0.3, -0.25) is 0 Å². The van der Waals surface area contributed by atoms with Crippen LogP contribution in [0, 0.1) is 0 Å². The lowest BCUT2D eigenvalue weighted by molar-refractivity contribution is 0.267. The van der Waals surface area contributed by atoms with E-state index < -0.39 is 16.1 Å². The number of aliphatic hydroxyl groups excluding tert-OH is 1. The van der Waals surface area contributed by atoms with Crippen molar-refractivity contribution in [2.45, 2.75) is 16.0 Å². The Morgan fingerprint density at radius 1 is 1.23 bits per heavy atom. The Labute approximate surface area is 143 Å². The summed E-state index contributed by atoms with van der Waals surface area (Å²) in [4.78, 5) is 0. The third-order valence-electron chi connectivity index (χ3n) is 2.79. The van der Waals surface area contributed by atoms with Crippen molar-refractivity contribution in [3.05, 3.63) is 52.4 Å². The standard InChI is InChI=1S/C14H16ClNO3S3/c15-13-6-7-14(21-13)22(18,19)16-12(8-17)10-20-9-11-4-2-1-3-5-11/h1-7,12,16-17H,8-10H2/t12-/m1/s1. The van der Waals surface area contributed by atoms with Gasteiger partial charge in [-0.25, -0.2) is 13.1 Å². The van der Waals surface area contributed by atoms with Gasteiger partial charge in [-0.05, 0) is 17.7 Å². The first-order valence-corrected chi connectivity index (χ1v) is 10.3. The Morgan fingerprint density at radius 3 is 2.55 bits per heavy atom. The maximum Gasteiger partial charge on any atom is 0.250 e. The number of halogens is 1. The van der Waals surface area contributed by atoms with E-state index in [0.29, 0.717) is 10.1 Å². The highest BCUT2D eigenvalue weighted by Gasteiger charge is 2.21. The SMILES string of the molecule is O=S(=O)(N[C@H](CO)CSCc1ccccc1)c1ccc(Cl)s1. The molecule has 4 nitrogen and oxygen atoms in total. The first-order valence-electron chi connectivity index (χ1n) is 6.51. The van der Waals surface area contributed by atoms with Gasteiger partial charge in [-0.2, -0.15) is 11.8 Å². The van der Waals surface area contributed by atoms with E-state index in [2.05, 4.69) is 4.72 Å². The fourth-order valence-corrected chi connectivity index (χ4v) is 5.59. The van der Waals surface area contributed by atoms with Crippen LogP contribution >= 0.6 is 34.7 Å². The molecule has 120 valence electrons. The average molecular weight is 378 g/mol. The Balaban J connectivity index is 1.89. The van der Waals surface area contributed by atoms with Gasteiger partial charge in [0.2, 0.25) is 10.0 Å². The normalized spacial score (nSPS) is 13.2. The summed E-state index contributed by atoms with van der Waals surface area (Å²) < 4.78 is 27.4. The molecule has 22 heavy (non-hydrogen) atoms. The van der Waals surface area contributed by atoms with Crippen LogP contribution in [0.5, 0.6) is 0 Å². The molecule has 0 saturated carbocycles. The Bertz CT molecular complexity index is 688. The van der Waals surface area contributed by atoms with Gasteiger partial charge in [-0.1, -0.05) is 41.9 Å². The third-order valence-corrected chi connectivity index (χ3v) is 7.21. The molecule has 0 aliphatic carbocycles. The summed E-state index contributed by atoms with van der Waals surface area (Å²) >= 11 is 8.33. The van der Waals surface area contributed by atoms with Gasteiger partial charge in [-0.15, -0.1) is 11.3 Å². The van der Waals surface area contributed by atoms with Crippen LogP contribution < -0.4 is 4.72 Å². The van der Waals surface area contributed by atoms with Crippen molar-refractivity contribution in [2.24, 2.45) is 0 Å². The van der Waals surface area contributed by atoms with E-state index >= 15 is 0 Å². The van der Waals surface area contributed by atoms with Crippen molar-refractivity contribution >= 4 is 44.7 Å². The number of benzene rings is 1. The van der Waals surface area contributed by atoms with Crippen molar-refractivity contribution in [1.29, 1.82) is 0 Å². The minimum absolute atomic E-state index is 0.156. The minimum atomic E-state index is -3.64. The quantitative estimate of drug-likeness (QED) is 0.742. The van der Waals surface area contributed by atoms with E-state index in [1.165, 1.54) is 6.07 Å². The number of thiophene rings is 1. The van der Waals surface area contributed by atoms with Gasteiger partial charge in [0.05, 0.1) is 17.0 Å². The average Bonchev–Trinajstić information content (AvgIpc) is 2.95. The van der Waals surface area contributed by atoms with Gasteiger partial charge in [0.25, 0.3) is 0 Å². The van der Waals surface area contributed by atoms with Crippen molar-refractivity contribution < 1.29 is 13.5 Å². The number of hydrogen-bond donors (Lipinski definition) is 2. The molecule has 0 amide bonds. The van der Waals surface area contributed by atoms with E-state index in [1.54, 1.807) is 17.8 Å². The van der Waals surface area contributed by atoms with Crippen molar-refractivity contribution in [3.63, 3.8) is 0 Å². The smallest absolute Gasteiger partial charge is 0.250 e. The maximum absolute atomic E-state index is 12.2. The summed E-state index contributed by atoms with van der Waals surface area (Å²) in [6.45, 7) is -0.250. The molecule has 0 bridgehead atoms. The summed E-state index contributed by atoms with van der Waals surface area (Å²) in [5, 5.41) is 9.38. The minimum Gasteiger partial charge on any atom is -0.395 e. The molecule has 2 aromatic rings. The predicted molar refractivity (Wildman–Crippen MR) is 93.1 cm³/mol. The first kappa shape index (κ1) is 17.8. The molecule has 1 aromatic carbocycles. The van der Waals surface area contributed by atoms with E-state index in [4.69, 9.17) is 11.6 Å². The number of sulfonamides is 1. The monoisotopic (exact) mass is 377 g/mol. The molecule has 1 atom stereocenters. The van der Waals surface area contributed by atoms with Crippen LogP contribution in [0.25, 0.3) is 0 Å². The second-order valence-corrected chi connectivity index (χ2v) is 9.25. The molecule has 0 fully saturated rings. The summed E-state index contributed by atoms with van der Waals surface area (Å²) in [5.41, 5.74) is 1.16. The van der Waals surface area contributed by atoms with Crippen molar-refractivity contribution in [1.82, 2.24) is 4.72 Å². The van der Waals surface area contributed by atoms with Crippen LogP contribution in [0.15, 0.2) is 46.7 Å². The largest absolute Gasteiger partial charge is 0.395 e. The van der Waals surface area contributed by atoms with Gasteiger partial charge in [0.15, 0.2) is 0 Å². The second-order valence-electron chi connectivity index (χ2n) is 4.56. The van der Waals surface area contributed by atoms with Gasteiger partial charge >= 0.3 is 0 Å². The van der Waals surface area contributed by atoms with Gasteiger partial charge < -0.3 is 5.11 Å². The van der Waals surface area contributed by atoms with E-state index in [0.717, 1.165) is 22.7 Å². The number of hydrogen-bond acceptors (Lipinski definition) is 5. The molecular formula is C14H16ClNO3S3. The number of nitrogens with one attached hydrogen (secondary N) is 1.